The van der Waals surface area contributed by atoms with E-state index in [0.29, 0.717) is 36.0 Å². The number of fused-ring (bicyclic) bond motifs is 1. The van der Waals surface area contributed by atoms with Crippen LogP contribution in [0.4, 0.5) is 5.95 Å². The Morgan fingerprint density at radius 1 is 1.13 bits per heavy atom. The Labute approximate surface area is 185 Å². The van der Waals surface area contributed by atoms with Crippen LogP contribution in [0.25, 0.3) is 0 Å². The summed E-state index contributed by atoms with van der Waals surface area (Å²) < 4.78 is 17.2. The number of para-hydroxylation sites is 2. The summed E-state index contributed by atoms with van der Waals surface area (Å²) in [6, 6.07) is 11.5. The molecule has 2 aromatic heterocycles. The van der Waals surface area contributed by atoms with Gasteiger partial charge in [0, 0.05) is 24.1 Å². The van der Waals surface area contributed by atoms with E-state index in [9.17, 15) is 4.79 Å². The lowest BCUT2D eigenvalue weighted by molar-refractivity contribution is 0.0499. The van der Waals surface area contributed by atoms with Gasteiger partial charge in [0.25, 0.3) is 5.56 Å². The SMILES string of the molecule is CN(C)Cc1ccc(CSCCNc2ncc(CC3Oc4ccccc4O3)c(=O)[nH]2)o1. The minimum absolute atomic E-state index is 0.197. The van der Waals surface area contributed by atoms with Crippen LogP contribution in [-0.4, -0.2) is 47.6 Å². The fourth-order valence-electron chi connectivity index (χ4n) is 3.18. The average molecular weight is 443 g/mol. The maximum absolute atomic E-state index is 12.4. The van der Waals surface area contributed by atoms with Gasteiger partial charge in [0.2, 0.25) is 12.2 Å². The standard InChI is InChI=1S/C22H26N4O4S/c1-26(2)13-16-7-8-17(28-16)14-31-10-9-23-22-24-12-15(21(27)25-22)11-20-29-18-5-3-4-6-19(18)30-20/h3-8,12,20H,9-11,13-14H2,1-2H3,(H2,23,24,25,27). The molecule has 31 heavy (non-hydrogen) atoms. The number of aromatic amines is 1. The normalized spacial score (nSPS) is 13.1. The highest BCUT2D eigenvalue weighted by atomic mass is 32.2. The molecule has 1 aliphatic heterocycles. The van der Waals surface area contributed by atoms with Crippen molar-refractivity contribution in [2.24, 2.45) is 0 Å². The topological polar surface area (TPSA) is 92.6 Å². The van der Waals surface area contributed by atoms with Crippen LogP contribution in [0.3, 0.4) is 0 Å². The lowest BCUT2D eigenvalue weighted by Gasteiger charge is -2.10. The quantitative estimate of drug-likeness (QED) is 0.463. The number of ether oxygens (including phenoxy) is 2. The van der Waals surface area contributed by atoms with E-state index < -0.39 is 6.29 Å². The summed E-state index contributed by atoms with van der Waals surface area (Å²) in [6.45, 7) is 1.48. The van der Waals surface area contributed by atoms with Gasteiger partial charge in [-0.1, -0.05) is 12.1 Å². The Morgan fingerprint density at radius 2 is 1.87 bits per heavy atom. The molecule has 1 aromatic carbocycles. The van der Waals surface area contributed by atoms with Crippen LogP contribution in [0, 0.1) is 0 Å². The first-order valence-corrected chi connectivity index (χ1v) is 11.3. The smallest absolute Gasteiger partial charge is 0.255 e. The highest BCUT2D eigenvalue weighted by Gasteiger charge is 2.24. The molecule has 0 aliphatic carbocycles. The third-order valence-electron chi connectivity index (χ3n) is 4.60. The molecular weight excluding hydrogens is 416 g/mol. The lowest BCUT2D eigenvalue weighted by atomic mass is 10.2. The monoisotopic (exact) mass is 442 g/mol. The first-order chi connectivity index (χ1) is 15.1. The molecule has 0 fully saturated rings. The number of anilines is 1. The van der Waals surface area contributed by atoms with Crippen LogP contribution >= 0.6 is 11.8 Å². The largest absolute Gasteiger partial charge is 0.464 e. The summed E-state index contributed by atoms with van der Waals surface area (Å²) in [5.41, 5.74) is 0.321. The van der Waals surface area contributed by atoms with Crippen LogP contribution in [0.15, 0.2) is 51.8 Å². The average Bonchev–Trinajstić information content (AvgIpc) is 3.35. The maximum Gasteiger partial charge on any atom is 0.255 e. The number of rotatable bonds is 10. The molecule has 2 N–H and O–H groups in total. The van der Waals surface area contributed by atoms with Crippen molar-refractivity contribution in [3.05, 3.63) is 70.0 Å². The molecule has 0 amide bonds. The molecule has 9 heteroatoms. The van der Waals surface area contributed by atoms with Gasteiger partial charge in [-0.15, -0.1) is 0 Å². The number of nitrogens with zero attached hydrogens (tertiary/aromatic N) is 2. The van der Waals surface area contributed by atoms with Gasteiger partial charge in [0.05, 0.1) is 18.7 Å². The Bertz CT molecular complexity index is 1040. The second-order valence-electron chi connectivity index (χ2n) is 7.49. The lowest BCUT2D eigenvalue weighted by Crippen LogP contribution is -2.26. The molecule has 4 rings (SSSR count). The summed E-state index contributed by atoms with van der Waals surface area (Å²) in [5, 5.41) is 3.15. The first-order valence-electron chi connectivity index (χ1n) is 10.1. The van der Waals surface area contributed by atoms with Crippen molar-refractivity contribution >= 4 is 17.7 Å². The first kappa shape index (κ1) is 21.3. The number of nitrogens with one attached hydrogen (secondary N) is 2. The van der Waals surface area contributed by atoms with Crippen molar-refractivity contribution in [2.45, 2.75) is 25.0 Å². The third-order valence-corrected chi connectivity index (χ3v) is 5.58. The minimum atomic E-state index is -0.518. The summed E-state index contributed by atoms with van der Waals surface area (Å²) in [5.74, 6) is 5.44. The number of hydrogen-bond donors (Lipinski definition) is 2. The molecule has 0 saturated heterocycles. The van der Waals surface area contributed by atoms with Gasteiger partial charge < -0.3 is 24.1 Å². The predicted molar refractivity (Wildman–Crippen MR) is 121 cm³/mol. The molecule has 164 valence electrons. The number of H-pyrrole nitrogens is 1. The minimum Gasteiger partial charge on any atom is -0.464 e. The van der Waals surface area contributed by atoms with Gasteiger partial charge in [-0.2, -0.15) is 11.8 Å². The van der Waals surface area contributed by atoms with E-state index in [4.69, 9.17) is 13.9 Å². The Balaban J connectivity index is 1.19. The predicted octanol–water partition coefficient (Wildman–Crippen LogP) is 3.11. The molecule has 0 radical (unpaired) electrons. The van der Waals surface area contributed by atoms with Crippen molar-refractivity contribution in [3.63, 3.8) is 0 Å². The summed E-state index contributed by atoms with van der Waals surface area (Å²) >= 11 is 1.76. The van der Waals surface area contributed by atoms with Gasteiger partial charge in [0.1, 0.15) is 11.5 Å². The molecule has 0 atom stereocenters. The van der Waals surface area contributed by atoms with Gasteiger partial charge in [0.15, 0.2) is 11.5 Å². The number of hydrogen-bond acceptors (Lipinski definition) is 8. The van der Waals surface area contributed by atoms with E-state index in [1.165, 1.54) is 0 Å². The van der Waals surface area contributed by atoms with E-state index in [2.05, 4.69) is 20.2 Å². The molecular formula is C22H26N4O4S. The van der Waals surface area contributed by atoms with Crippen LogP contribution < -0.4 is 20.3 Å². The van der Waals surface area contributed by atoms with Crippen molar-refractivity contribution < 1.29 is 13.9 Å². The Kier molecular flexibility index (Phi) is 6.83. The zero-order valence-electron chi connectivity index (χ0n) is 17.6. The zero-order valence-corrected chi connectivity index (χ0v) is 18.4. The number of furan rings is 1. The van der Waals surface area contributed by atoms with Crippen molar-refractivity contribution in [1.29, 1.82) is 0 Å². The van der Waals surface area contributed by atoms with E-state index in [0.717, 1.165) is 29.6 Å². The summed E-state index contributed by atoms with van der Waals surface area (Å²) in [7, 11) is 4.03. The van der Waals surface area contributed by atoms with E-state index in [-0.39, 0.29) is 5.56 Å². The van der Waals surface area contributed by atoms with Crippen LogP contribution in [0.2, 0.25) is 0 Å². The summed E-state index contributed by atoms with van der Waals surface area (Å²) in [6.07, 6.45) is 1.38. The second-order valence-corrected chi connectivity index (χ2v) is 8.59. The van der Waals surface area contributed by atoms with E-state index in [1.54, 1.807) is 18.0 Å². The number of benzene rings is 1. The van der Waals surface area contributed by atoms with Crippen LogP contribution in [0.1, 0.15) is 17.1 Å². The molecule has 3 aromatic rings. The van der Waals surface area contributed by atoms with E-state index in [1.807, 2.05) is 50.5 Å². The van der Waals surface area contributed by atoms with Crippen molar-refractivity contribution in [2.75, 3.05) is 31.7 Å². The highest BCUT2D eigenvalue weighted by Crippen LogP contribution is 2.34. The highest BCUT2D eigenvalue weighted by molar-refractivity contribution is 7.98. The molecule has 0 bridgehead atoms. The maximum atomic E-state index is 12.4. The number of thioether (sulfide) groups is 1. The zero-order chi connectivity index (χ0) is 21.6. The molecule has 1 aliphatic rings. The Morgan fingerprint density at radius 3 is 2.58 bits per heavy atom. The van der Waals surface area contributed by atoms with Gasteiger partial charge in [-0.05, 0) is 38.4 Å². The van der Waals surface area contributed by atoms with Crippen molar-refractivity contribution in [1.82, 2.24) is 14.9 Å². The molecule has 0 saturated carbocycles. The fourth-order valence-corrected chi connectivity index (χ4v) is 3.93. The molecule has 3 heterocycles. The van der Waals surface area contributed by atoms with Gasteiger partial charge in [-0.25, -0.2) is 4.98 Å². The third kappa shape index (κ3) is 5.83. The van der Waals surface area contributed by atoms with Crippen LogP contribution in [0.5, 0.6) is 11.5 Å². The van der Waals surface area contributed by atoms with Crippen molar-refractivity contribution in [3.8, 4) is 11.5 Å². The molecule has 8 nitrogen and oxygen atoms in total. The van der Waals surface area contributed by atoms with Gasteiger partial charge in [-0.3, -0.25) is 9.78 Å². The molecule has 0 unspecified atom stereocenters. The fraction of sp³-hybridized carbons (Fsp3) is 0.364. The van der Waals surface area contributed by atoms with Gasteiger partial charge >= 0.3 is 0 Å². The van der Waals surface area contributed by atoms with E-state index >= 15 is 0 Å². The second kappa shape index (κ2) is 9.93. The molecule has 0 spiro atoms. The Hall–Kier alpha value is -2.91. The summed E-state index contributed by atoms with van der Waals surface area (Å²) in [4.78, 5) is 21.5. The number of aromatic nitrogens is 2. The van der Waals surface area contributed by atoms with Crippen LogP contribution in [-0.2, 0) is 18.7 Å².